The van der Waals surface area contributed by atoms with Crippen LogP contribution in [-0.4, -0.2) is 47.6 Å². The molecule has 0 aromatic carbocycles. The zero-order valence-corrected chi connectivity index (χ0v) is 13.7. The minimum absolute atomic E-state index is 0.149. The molecule has 0 spiro atoms. The predicted octanol–water partition coefficient (Wildman–Crippen LogP) is 2.45. The second kappa shape index (κ2) is 6.11. The number of nitrogens with one attached hydrogen (secondary N) is 1. The Hall–Kier alpha value is -0.840. The fourth-order valence-electron chi connectivity index (χ4n) is 3.39. The van der Waals surface area contributed by atoms with Gasteiger partial charge in [0.25, 0.3) is 0 Å². The Morgan fingerprint density at radius 2 is 2.14 bits per heavy atom. The Kier molecular flexibility index (Phi) is 4.38. The average Bonchev–Trinajstić information content (AvgIpc) is 3.04. The molecule has 1 aromatic heterocycles. The SMILES string of the molecule is CC(C)(C)NCc1coc(CN2CCN3CCCC3C2)c1. The summed E-state index contributed by atoms with van der Waals surface area (Å²) in [4.78, 5) is 5.20. The molecule has 0 bridgehead atoms. The summed E-state index contributed by atoms with van der Waals surface area (Å²) >= 11 is 0. The van der Waals surface area contributed by atoms with E-state index < -0.39 is 0 Å². The van der Waals surface area contributed by atoms with E-state index in [1.807, 2.05) is 6.26 Å². The summed E-state index contributed by atoms with van der Waals surface area (Å²) in [6.07, 6.45) is 4.65. The van der Waals surface area contributed by atoms with Crippen molar-refractivity contribution in [1.82, 2.24) is 15.1 Å². The molecule has 1 unspecified atom stereocenters. The fraction of sp³-hybridized carbons (Fsp3) is 0.765. The van der Waals surface area contributed by atoms with Crippen LogP contribution in [0, 0.1) is 0 Å². The van der Waals surface area contributed by atoms with Crippen molar-refractivity contribution in [3.8, 4) is 0 Å². The van der Waals surface area contributed by atoms with Gasteiger partial charge >= 0.3 is 0 Å². The number of furan rings is 1. The summed E-state index contributed by atoms with van der Waals surface area (Å²) in [5.41, 5.74) is 1.40. The first kappa shape index (κ1) is 15.1. The van der Waals surface area contributed by atoms with Crippen LogP contribution >= 0.6 is 0 Å². The monoisotopic (exact) mass is 291 g/mol. The molecule has 21 heavy (non-hydrogen) atoms. The Balaban J connectivity index is 1.50. The molecule has 1 aromatic rings. The van der Waals surface area contributed by atoms with Crippen LogP contribution < -0.4 is 5.32 Å². The van der Waals surface area contributed by atoms with E-state index in [0.717, 1.165) is 24.9 Å². The number of fused-ring (bicyclic) bond motifs is 1. The quantitative estimate of drug-likeness (QED) is 0.923. The molecule has 1 atom stereocenters. The molecule has 2 aliphatic rings. The second-order valence-electron chi connectivity index (χ2n) is 7.59. The third-order valence-corrected chi connectivity index (χ3v) is 4.58. The van der Waals surface area contributed by atoms with Gasteiger partial charge in [-0.1, -0.05) is 0 Å². The Morgan fingerprint density at radius 1 is 1.29 bits per heavy atom. The van der Waals surface area contributed by atoms with E-state index in [4.69, 9.17) is 4.42 Å². The van der Waals surface area contributed by atoms with E-state index in [2.05, 4.69) is 42.0 Å². The summed E-state index contributed by atoms with van der Waals surface area (Å²) in [6, 6.07) is 3.00. The van der Waals surface area contributed by atoms with Crippen molar-refractivity contribution in [2.75, 3.05) is 26.2 Å². The first-order valence-electron chi connectivity index (χ1n) is 8.27. The summed E-state index contributed by atoms with van der Waals surface area (Å²) in [5.74, 6) is 1.10. The number of rotatable bonds is 4. The van der Waals surface area contributed by atoms with Gasteiger partial charge in [-0.15, -0.1) is 0 Å². The van der Waals surface area contributed by atoms with Crippen LogP contribution in [0.15, 0.2) is 16.7 Å². The van der Waals surface area contributed by atoms with Crippen molar-refractivity contribution in [2.24, 2.45) is 0 Å². The first-order valence-corrected chi connectivity index (χ1v) is 8.27. The standard InChI is InChI=1S/C17H29N3O/c1-17(2,3)18-10-14-9-16(21-13-14)12-19-7-8-20-6-4-5-15(20)11-19/h9,13,15,18H,4-8,10-12H2,1-3H3. The van der Waals surface area contributed by atoms with Crippen LogP contribution in [0.2, 0.25) is 0 Å². The van der Waals surface area contributed by atoms with Gasteiger partial charge < -0.3 is 9.73 Å². The Bertz CT molecular complexity index is 463. The number of hydrogen-bond donors (Lipinski definition) is 1. The molecule has 4 nitrogen and oxygen atoms in total. The van der Waals surface area contributed by atoms with Gasteiger partial charge in [-0.05, 0) is 46.2 Å². The fourth-order valence-corrected chi connectivity index (χ4v) is 3.39. The minimum atomic E-state index is 0.149. The summed E-state index contributed by atoms with van der Waals surface area (Å²) in [5, 5.41) is 3.51. The maximum atomic E-state index is 5.75. The van der Waals surface area contributed by atoms with Gasteiger partial charge in [0.05, 0.1) is 12.8 Å². The van der Waals surface area contributed by atoms with Crippen molar-refractivity contribution in [3.05, 3.63) is 23.7 Å². The van der Waals surface area contributed by atoms with Crippen LogP contribution in [0.25, 0.3) is 0 Å². The molecule has 2 fully saturated rings. The lowest BCUT2D eigenvalue weighted by Crippen LogP contribution is -2.49. The average molecular weight is 291 g/mol. The van der Waals surface area contributed by atoms with Crippen LogP contribution in [0.3, 0.4) is 0 Å². The summed E-state index contributed by atoms with van der Waals surface area (Å²) in [7, 11) is 0. The molecular formula is C17H29N3O. The Morgan fingerprint density at radius 3 is 2.95 bits per heavy atom. The maximum absolute atomic E-state index is 5.75. The second-order valence-corrected chi connectivity index (χ2v) is 7.59. The van der Waals surface area contributed by atoms with Crippen LogP contribution in [-0.2, 0) is 13.1 Å². The molecule has 0 radical (unpaired) electrons. The van der Waals surface area contributed by atoms with Crippen molar-refractivity contribution < 1.29 is 4.42 Å². The lowest BCUT2D eigenvalue weighted by atomic mass is 10.1. The highest BCUT2D eigenvalue weighted by molar-refractivity contribution is 5.13. The number of piperazine rings is 1. The molecule has 0 amide bonds. The van der Waals surface area contributed by atoms with Gasteiger partial charge in [-0.25, -0.2) is 0 Å². The van der Waals surface area contributed by atoms with Gasteiger partial charge in [0.2, 0.25) is 0 Å². The van der Waals surface area contributed by atoms with E-state index in [1.165, 1.54) is 44.6 Å². The van der Waals surface area contributed by atoms with Gasteiger partial charge in [-0.2, -0.15) is 0 Å². The van der Waals surface area contributed by atoms with Gasteiger partial charge in [0.1, 0.15) is 5.76 Å². The molecule has 1 N–H and O–H groups in total. The first-order chi connectivity index (χ1) is 9.99. The van der Waals surface area contributed by atoms with Crippen molar-refractivity contribution in [1.29, 1.82) is 0 Å². The highest BCUT2D eigenvalue weighted by Crippen LogP contribution is 2.23. The van der Waals surface area contributed by atoms with Gasteiger partial charge in [-0.3, -0.25) is 9.80 Å². The zero-order valence-electron chi connectivity index (χ0n) is 13.7. The molecule has 0 aliphatic carbocycles. The van der Waals surface area contributed by atoms with E-state index in [1.54, 1.807) is 0 Å². The van der Waals surface area contributed by atoms with Crippen LogP contribution in [0.4, 0.5) is 0 Å². The van der Waals surface area contributed by atoms with E-state index in [-0.39, 0.29) is 5.54 Å². The minimum Gasteiger partial charge on any atom is -0.468 e. The number of hydrogen-bond acceptors (Lipinski definition) is 4. The largest absolute Gasteiger partial charge is 0.468 e. The molecule has 4 heteroatoms. The lowest BCUT2D eigenvalue weighted by Gasteiger charge is -2.37. The van der Waals surface area contributed by atoms with Crippen LogP contribution in [0.1, 0.15) is 44.9 Å². The molecule has 118 valence electrons. The van der Waals surface area contributed by atoms with E-state index in [0.29, 0.717) is 0 Å². The van der Waals surface area contributed by atoms with Crippen LogP contribution in [0.5, 0.6) is 0 Å². The molecule has 2 aliphatic heterocycles. The summed E-state index contributed by atoms with van der Waals surface area (Å²) in [6.45, 7) is 13.3. The van der Waals surface area contributed by atoms with Crippen molar-refractivity contribution in [3.63, 3.8) is 0 Å². The number of nitrogens with zero attached hydrogens (tertiary/aromatic N) is 2. The molecule has 2 saturated heterocycles. The lowest BCUT2D eigenvalue weighted by molar-refractivity contribution is 0.0941. The summed E-state index contributed by atoms with van der Waals surface area (Å²) < 4.78 is 5.75. The predicted molar refractivity (Wildman–Crippen MR) is 85.2 cm³/mol. The highest BCUT2D eigenvalue weighted by atomic mass is 16.3. The Labute approximate surface area is 128 Å². The third-order valence-electron chi connectivity index (χ3n) is 4.58. The topological polar surface area (TPSA) is 31.7 Å². The molecule has 3 heterocycles. The van der Waals surface area contributed by atoms with Crippen molar-refractivity contribution in [2.45, 2.75) is 58.3 Å². The van der Waals surface area contributed by atoms with Crippen molar-refractivity contribution >= 4 is 0 Å². The normalized spacial score (nSPS) is 24.4. The van der Waals surface area contributed by atoms with Gasteiger partial charge in [0.15, 0.2) is 0 Å². The third kappa shape index (κ3) is 4.09. The van der Waals surface area contributed by atoms with Gasteiger partial charge in [0, 0.05) is 43.3 Å². The molecule has 0 saturated carbocycles. The smallest absolute Gasteiger partial charge is 0.118 e. The van der Waals surface area contributed by atoms with E-state index >= 15 is 0 Å². The highest BCUT2D eigenvalue weighted by Gasteiger charge is 2.30. The zero-order chi connectivity index (χ0) is 14.9. The maximum Gasteiger partial charge on any atom is 0.118 e. The molecule has 3 rings (SSSR count). The van der Waals surface area contributed by atoms with E-state index in [9.17, 15) is 0 Å². The molecular weight excluding hydrogens is 262 g/mol.